The zero-order valence-corrected chi connectivity index (χ0v) is 17.9. The second-order valence-electron chi connectivity index (χ2n) is 7.24. The van der Waals surface area contributed by atoms with Crippen molar-refractivity contribution < 1.29 is 13.2 Å². The van der Waals surface area contributed by atoms with Gasteiger partial charge in [0.15, 0.2) is 0 Å². The zero-order valence-electron chi connectivity index (χ0n) is 16.3. The lowest BCUT2D eigenvalue weighted by atomic mass is 10.2. The Morgan fingerprint density at radius 1 is 1.13 bits per heavy atom. The second-order valence-corrected chi connectivity index (χ2v) is 9.61. The molecule has 0 aliphatic carbocycles. The van der Waals surface area contributed by atoms with Crippen molar-refractivity contribution in [1.82, 2.24) is 19.3 Å². The molecular formula is C20H22ClN5O3S. The summed E-state index contributed by atoms with van der Waals surface area (Å²) in [6.45, 7) is 1.62. The first-order chi connectivity index (χ1) is 14.4. The van der Waals surface area contributed by atoms with E-state index >= 15 is 0 Å². The standard InChI is InChI=1S/C20H22ClN5O3S/c21-15-5-3-6-16(13-15)22-20(27)7-4-12-26-19-9-8-17(14-18(19)23-24-26)30(28,29)25-10-1-2-11-25/h3,5-6,8-9,13-14H,1-2,4,7,10-12H2,(H,22,27). The van der Waals surface area contributed by atoms with Gasteiger partial charge in [0.2, 0.25) is 15.9 Å². The highest BCUT2D eigenvalue weighted by Crippen LogP contribution is 2.24. The molecular weight excluding hydrogens is 426 g/mol. The fraction of sp³-hybridized carbons (Fsp3) is 0.350. The molecule has 8 nitrogen and oxygen atoms in total. The van der Waals surface area contributed by atoms with Crippen molar-refractivity contribution in [3.8, 4) is 0 Å². The largest absolute Gasteiger partial charge is 0.326 e. The van der Waals surface area contributed by atoms with E-state index in [1.54, 1.807) is 47.1 Å². The van der Waals surface area contributed by atoms with Crippen LogP contribution in [0.3, 0.4) is 0 Å². The highest BCUT2D eigenvalue weighted by Gasteiger charge is 2.27. The summed E-state index contributed by atoms with van der Waals surface area (Å²) in [5.74, 6) is -0.110. The summed E-state index contributed by atoms with van der Waals surface area (Å²) in [5.41, 5.74) is 1.93. The summed E-state index contributed by atoms with van der Waals surface area (Å²) in [5, 5.41) is 11.6. The number of sulfonamides is 1. The smallest absolute Gasteiger partial charge is 0.243 e. The van der Waals surface area contributed by atoms with Gasteiger partial charge >= 0.3 is 0 Å². The first-order valence-corrected chi connectivity index (χ1v) is 11.6. The Morgan fingerprint density at radius 2 is 1.93 bits per heavy atom. The molecule has 1 amide bonds. The summed E-state index contributed by atoms with van der Waals surface area (Å²) in [6, 6.07) is 11.9. The predicted molar refractivity (Wildman–Crippen MR) is 115 cm³/mol. The third-order valence-corrected chi connectivity index (χ3v) is 7.20. The van der Waals surface area contributed by atoms with Gasteiger partial charge in [-0.15, -0.1) is 5.10 Å². The summed E-state index contributed by atoms with van der Waals surface area (Å²) >= 11 is 5.92. The molecule has 1 N–H and O–H groups in total. The van der Waals surface area contributed by atoms with Crippen molar-refractivity contribution in [2.24, 2.45) is 0 Å². The van der Waals surface area contributed by atoms with Gasteiger partial charge < -0.3 is 5.32 Å². The Bertz CT molecular complexity index is 1170. The van der Waals surface area contributed by atoms with Gasteiger partial charge in [-0.05, 0) is 55.7 Å². The maximum Gasteiger partial charge on any atom is 0.243 e. The molecule has 0 spiro atoms. The van der Waals surface area contributed by atoms with Crippen molar-refractivity contribution >= 4 is 44.3 Å². The van der Waals surface area contributed by atoms with E-state index in [0.29, 0.717) is 48.7 Å². The minimum absolute atomic E-state index is 0.110. The van der Waals surface area contributed by atoms with E-state index in [-0.39, 0.29) is 10.8 Å². The molecule has 158 valence electrons. The average Bonchev–Trinajstić information content (AvgIpc) is 3.38. The molecule has 0 bridgehead atoms. The van der Waals surface area contributed by atoms with Crippen LogP contribution in [-0.2, 0) is 21.4 Å². The van der Waals surface area contributed by atoms with Crippen LogP contribution < -0.4 is 5.32 Å². The molecule has 10 heteroatoms. The van der Waals surface area contributed by atoms with Crippen LogP contribution in [0.1, 0.15) is 25.7 Å². The van der Waals surface area contributed by atoms with Gasteiger partial charge in [-0.1, -0.05) is 22.9 Å². The van der Waals surface area contributed by atoms with Crippen LogP contribution in [0.15, 0.2) is 47.4 Å². The topological polar surface area (TPSA) is 97.2 Å². The van der Waals surface area contributed by atoms with Gasteiger partial charge in [-0.25, -0.2) is 13.1 Å². The van der Waals surface area contributed by atoms with Gasteiger partial charge in [-0.2, -0.15) is 4.31 Å². The van der Waals surface area contributed by atoms with Gasteiger partial charge in [0.05, 0.1) is 10.4 Å². The Kier molecular flexibility index (Phi) is 6.03. The van der Waals surface area contributed by atoms with Crippen LogP contribution in [0.2, 0.25) is 5.02 Å². The molecule has 2 aromatic carbocycles. The van der Waals surface area contributed by atoms with Crippen LogP contribution in [0.4, 0.5) is 5.69 Å². The van der Waals surface area contributed by atoms with E-state index in [1.807, 2.05) is 0 Å². The van der Waals surface area contributed by atoms with Crippen LogP contribution in [0, 0.1) is 0 Å². The molecule has 1 aromatic heterocycles. The minimum atomic E-state index is -3.49. The van der Waals surface area contributed by atoms with Crippen LogP contribution in [0.25, 0.3) is 11.0 Å². The van der Waals surface area contributed by atoms with E-state index in [9.17, 15) is 13.2 Å². The number of carbonyl (C=O) groups excluding carboxylic acids is 1. The summed E-state index contributed by atoms with van der Waals surface area (Å²) in [6.07, 6.45) is 2.67. The minimum Gasteiger partial charge on any atom is -0.326 e. The van der Waals surface area contributed by atoms with Gasteiger partial charge in [0.25, 0.3) is 0 Å². The summed E-state index contributed by atoms with van der Waals surface area (Å²) < 4.78 is 28.6. The number of benzene rings is 2. The van der Waals surface area contributed by atoms with Gasteiger partial charge in [0.1, 0.15) is 5.52 Å². The van der Waals surface area contributed by atoms with E-state index in [0.717, 1.165) is 18.4 Å². The average molecular weight is 448 g/mol. The lowest BCUT2D eigenvalue weighted by molar-refractivity contribution is -0.116. The molecule has 30 heavy (non-hydrogen) atoms. The highest BCUT2D eigenvalue weighted by molar-refractivity contribution is 7.89. The maximum atomic E-state index is 12.7. The zero-order chi connectivity index (χ0) is 21.1. The first kappa shape index (κ1) is 20.8. The molecule has 0 saturated carbocycles. The molecule has 0 atom stereocenters. The fourth-order valence-electron chi connectivity index (χ4n) is 3.53. The van der Waals surface area contributed by atoms with E-state index in [2.05, 4.69) is 15.6 Å². The Hall–Kier alpha value is -2.49. The number of rotatable bonds is 7. The molecule has 3 aromatic rings. The molecule has 0 unspecified atom stereocenters. The van der Waals surface area contributed by atoms with Crippen molar-refractivity contribution in [3.05, 3.63) is 47.5 Å². The molecule has 1 fully saturated rings. The van der Waals surface area contributed by atoms with Gasteiger partial charge in [-0.3, -0.25) is 4.79 Å². The lowest BCUT2D eigenvalue weighted by Crippen LogP contribution is -2.27. The number of fused-ring (bicyclic) bond motifs is 1. The summed E-state index contributed by atoms with van der Waals surface area (Å²) in [7, 11) is -3.49. The van der Waals surface area contributed by atoms with Crippen molar-refractivity contribution in [3.63, 3.8) is 0 Å². The number of aryl methyl sites for hydroxylation is 1. The Balaban J connectivity index is 1.38. The summed E-state index contributed by atoms with van der Waals surface area (Å²) in [4.78, 5) is 12.4. The number of hydrogen-bond donors (Lipinski definition) is 1. The molecule has 4 rings (SSSR count). The van der Waals surface area contributed by atoms with Crippen LogP contribution in [0.5, 0.6) is 0 Å². The third-order valence-electron chi connectivity index (χ3n) is 5.07. The lowest BCUT2D eigenvalue weighted by Gasteiger charge is -2.15. The Morgan fingerprint density at radius 3 is 2.70 bits per heavy atom. The van der Waals surface area contributed by atoms with E-state index in [1.165, 1.54) is 4.31 Å². The number of aromatic nitrogens is 3. The molecule has 1 saturated heterocycles. The van der Waals surface area contributed by atoms with Crippen molar-refractivity contribution in [1.29, 1.82) is 0 Å². The number of halogens is 1. The maximum absolute atomic E-state index is 12.7. The fourth-order valence-corrected chi connectivity index (χ4v) is 5.26. The normalized spacial score (nSPS) is 15.0. The van der Waals surface area contributed by atoms with Crippen LogP contribution in [-0.4, -0.2) is 46.7 Å². The number of hydrogen-bond acceptors (Lipinski definition) is 5. The number of anilines is 1. The van der Waals surface area contributed by atoms with Crippen molar-refractivity contribution in [2.75, 3.05) is 18.4 Å². The molecule has 1 aliphatic heterocycles. The van der Waals surface area contributed by atoms with Crippen molar-refractivity contribution in [2.45, 2.75) is 37.1 Å². The van der Waals surface area contributed by atoms with Gasteiger partial charge in [0, 0.05) is 36.8 Å². The third kappa shape index (κ3) is 4.48. The van der Waals surface area contributed by atoms with E-state index in [4.69, 9.17) is 11.6 Å². The first-order valence-electron chi connectivity index (χ1n) is 9.82. The quantitative estimate of drug-likeness (QED) is 0.599. The number of nitrogens with zero attached hydrogens (tertiary/aromatic N) is 4. The monoisotopic (exact) mass is 447 g/mol. The Labute approximate surface area is 179 Å². The second kappa shape index (κ2) is 8.71. The SMILES string of the molecule is O=C(CCCn1nnc2cc(S(=O)(=O)N3CCCC3)ccc21)Nc1cccc(Cl)c1. The molecule has 2 heterocycles. The number of carbonyl (C=O) groups is 1. The number of nitrogens with one attached hydrogen (secondary N) is 1. The van der Waals surface area contributed by atoms with E-state index < -0.39 is 10.0 Å². The molecule has 0 radical (unpaired) electrons. The van der Waals surface area contributed by atoms with Crippen LogP contribution >= 0.6 is 11.6 Å². The predicted octanol–water partition coefficient (Wildman–Crippen LogP) is 3.29. The molecule has 1 aliphatic rings. The highest BCUT2D eigenvalue weighted by atomic mass is 35.5. The number of amides is 1.